The van der Waals surface area contributed by atoms with E-state index in [9.17, 15) is 15.0 Å². The number of rotatable bonds is 6. The van der Waals surface area contributed by atoms with Gasteiger partial charge in [-0.25, -0.2) is 0 Å². The number of benzene rings is 1. The lowest BCUT2D eigenvalue weighted by Gasteiger charge is -2.15. The fraction of sp³-hybridized carbons (Fsp3) is 0.533. The van der Waals surface area contributed by atoms with Crippen LogP contribution in [0.5, 0.6) is 11.5 Å². The minimum Gasteiger partial charge on any atom is -0.508 e. The van der Waals surface area contributed by atoms with E-state index in [1.807, 2.05) is 20.8 Å². The normalized spacial score (nSPS) is 13.8. The first kappa shape index (κ1) is 15.3. The SMILES string of the molecule is CCC(C)NC(=O)CCC(C)c1ccc(O)cc1O. The van der Waals surface area contributed by atoms with Gasteiger partial charge in [0.15, 0.2) is 0 Å². The van der Waals surface area contributed by atoms with Crippen LogP contribution in [0.15, 0.2) is 18.2 Å². The molecule has 19 heavy (non-hydrogen) atoms. The molecule has 0 radical (unpaired) electrons. The summed E-state index contributed by atoms with van der Waals surface area (Å²) in [5, 5.41) is 21.9. The minimum absolute atomic E-state index is 0.0412. The van der Waals surface area contributed by atoms with Gasteiger partial charge in [-0.05, 0) is 37.3 Å². The van der Waals surface area contributed by atoms with Gasteiger partial charge in [0.2, 0.25) is 5.91 Å². The summed E-state index contributed by atoms with van der Waals surface area (Å²) in [6, 6.07) is 4.77. The Morgan fingerprint density at radius 3 is 2.58 bits per heavy atom. The van der Waals surface area contributed by atoms with Crippen molar-refractivity contribution in [1.82, 2.24) is 5.32 Å². The molecule has 1 aromatic carbocycles. The van der Waals surface area contributed by atoms with Crippen LogP contribution >= 0.6 is 0 Å². The first-order valence-electron chi connectivity index (χ1n) is 6.75. The van der Waals surface area contributed by atoms with E-state index in [4.69, 9.17) is 0 Å². The second-order valence-electron chi connectivity index (χ2n) is 5.06. The number of hydrogen-bond donors (Lipinski definition) is 3. The van der Waals surface area contributed by atoms with Crippen molar-refractivity contribution in [2.45, 2.75) is 52.0 Å². The van der Waals surface area contributed by atoms with Crippen molar-refractivity contribution in [3.63, 3.8) is 0 Å². The monoisotopic (exact) mass is 265 g/mol. The van der Waals surface area contributed by atoms with Crippen LogP contribution in [0.25, 0.3) is 0 Å². The molecule has 2 atom stereocenters. The lowest BCUT2D eigenvalue weighted by atomic mass is 9.95. The van der Waals surface area contributed by atoms with Crippen molar-refractivity contribution in [3.05, 3.63) is 23.8 Å². The number of amides is 1. The Morgan fingerprint density at radius 1 is 1.32 bits per heavy atom. The molecule has 106 valence electrons. The predicted molar refractivity (Wildman–Crippen MR) is 75.3 cm³/mol. The zero-order valence-corrected chi connectivity index (χ0v) is 11.8. The van der Waals surface area contributed by atoms with Gasteiger partial charge in [-0.2, -0.15) is 0 Å². The summed E-state index contributed by atoms with van der Waals surface area (Å²) < 4.78 is 0. The molecular weight excluding hydrogens is 242 g/mol. The molecule has 3 N–H and O–H groups in total. The Bertz CT molecular complexity index is 431. The third-order valence-electron chi connectivity index (χ3n) is 3.37. The summed E-state index contributed by atoms with van der Waals surface area (Å²) in [5.41, 5.74) is 0.758. The molecular formula is C15H23NO3. The molecule has 0 spiro atoms. The summed E-state index contributed by atoms with van der Waals surface area (Å²) in [7, 11) is 0. The van der Waals surface area contributed by atoms with Crippen LogP contribution in [-0.4, -0.2) is 22.2 Å². The van der Waals surface area contributed by atoms with Gasteiger partial charge in [0.05, 0.1) is 0 Å². The van der Waals surface area contributed by atoms with Crippen molar-refractivity contribution in [1.29, 1.82) is 0 Å². The van der Waals surface area contributed by atoms with E-state index in [1.165, 1.54) is 6.07 Å². The van der Waals surface area contributed by atoms with Crippen molar-refractivity contribution in [3.8, 4) is 11.5 Å². The molecule has 1 rings (SSSR count). The lowest BCUT2D eigenvalue weighted by Crippen LogP contribution is -2.31. The summed E-state index contributed by atoms with van der Waals surface area (Å²) in [6.07, 6.45) is 2.02. The minimum atomic E-state index is 0.0412. The standard InChI is InChI=1S/C15H23NO3/c1-4-11(3)16-15(19)8-5-10(2)13-7-6-12(17)9-14(13)18/h6-7,9-11,17-18H,4-5,8H2,1-3H3,(H,16,19). The third kappa shape index (κ3) is 4.81. The number of phenolic OH excluding ortho intramolecular Hbond substituents is 2. The fourth-order valence-corrected chi connectivity index (χ4v) is 1.90. The molecule has 4 heteroatoms. The van der Waals surface area contributed by atoms with Crippen LogP contribution in [0.3, 0.4) is 0 Å². The number of hydrogen-bond acceptors (Lipinski definition) is 3. The van der Waals surface area contributed by atoms with Gasteiger partial charge in [-0.3, -0.25) is 4.79 Å². The first-order chi connectivity index (χ1) is 8.93. The van der Waals surface area contributed by atoms with E-state index in [2.05, 4.69) is 5.32 Å². The Hall–Kier alpha value is -1.71. The van der Waals surface area contributed by atoms with Gasteiger partial charge in [-0.1, -0.05) is 19.9 Å². The van der Waals surface area contributed by atoms with Crippen LogP contribution in [-0.2, 0) is 4.79 Å². The molecule has 0 heterocycles. The molecule has 0 saturated heterocycles. The van der Waals surface area contributed by atoms with Crippen molar-refractivity contribution in [2.24, 2.45) is 0 Å². The molecule has 0 saturated carbocycles. The van der Waals surface area contributed by atoms with Crippen LogP contribution in [0, 0.1) is 0 Å². The smallest absolute Gasteiger partial charge is 0.220 e. The number of carbonyl (C=O) groups excluding carboxylic acids is 1. The third-order valence-corrected chi connectivity index (χ3v) is 3.37. The number of aromatic hydroxyl groups is 2. The van der Waals surface area contributed by atoms with Crippen molar-refractivity contribution < 1.29 is 15.0 Å². The van der Waals surface area contributed by atoms with Gasteiger partial charge >= 0.3 is 0 Å². The van der Waals surface area contributed by atoms with Crippen LogP contribution in [0.4, 0.5) is 0 Å². The highest BCUT2D eigenvalue weighted by Gasteiger charge is 2.13. The number of nitrogens with one attached hydrogen (secondary N) is 1. The van der Waals surface area contributed by atoms with E-state index in [1.54, 1.807) is 12.1 Å². The fourth-order valence-electron chi connectivity index (χ4n) is 1.90. The molecule has 4 nitrogen and oxygen atoms in total. The molecule has 0 aliphatic carbocycles. The van der Waals surface area contributed by atoms with Gasteiger partial charge in [0.1, 0.15) is 11.5 Å². The van der Waals surface area contributed by atoms with Gasteiger partial charge < -0.3 is 15.5 Å². The molecule has 0 aliphatic rings. The Morgan fingerprint density at radius 2 is 2.00 bits per heavy atom. The molecule has 0 aliphatic heterocycles. The van der Waals surface area contributed by atoms with Gasteiger partial charge in [-0.15, -0.1) is 0 Å². The highest BCUT2D eigenvalue weighted by molar-refractivity contribution is 5.76. The van der Waals surface area contributed by atoms with Crippen molar-refractivity contribution in [2.75, 3.05) is 0 Å². The maximum absolute atomic E-state index is 11.7. The average molecular weight is 265 g/mol. The molecule has 1 amide bonds. The number of phenols is 2. The maximum Gasteiger partial charge on any atom is 0.220 e. The highest BCUT2D eigenvalue weighted by Crippen LogP contribution is 2.31. The van der Waals surface area contributed by atoms with Crippen LogP contribution in [0.1, 0.15) is 51.5 Å². The summed E-state index contributed by atoms with van der Waals surface area (Å²) >= 11 is 0. The largest absolute Gasteiger partial charge is 0.508 e. The summed E-state index contributed by atoms with van der Waals surface area (Å²) in [4.78, 5) is 11.7. The van der Waals surface area contributed by atoms with Crippen LogP contribution < -0.4 is 5.32 Å². The van der Waals surface area contributed by atoms with E-state index < -0.39 is 0 Å². The summed E-state index contributed by atoms with van der Waals surface area (Å²) in [5.74, 6) is 0.237. The van der Waals surface area contributed by atoms with Crippen molar-refractivity contribution >= 4 is 5.91 Å². The second-order valence-corrected chi connectivity index (χ2v) is 5.06. The number of carbonyl (C=O) groups is 1. The zero-order valence-electron chi connectivity index (χ0n) is 11.8. The van der Waals surface area contributed by atoms with E-state index in [0.29, 0.717) is 12.8 Å². The predicted octanol–water partition coefficient (Wildman–Crippen LogP) is 2.90. The molecule has 0 fully saturated rings. The second kappa shape index (κ2) is 7.02. The first-order valence-corrected chi connectivity index (χ1v) is 6.75. The van der Waals surface area contributed by atoms with Gasteiger partial charge in [0.25, 0.3) is 0 Å². The quantitative estimate of drug-likeness (QED) is 0.740. The highest BCUT2D eigenvalue weighted by atomic mass is 16.3. The molecule has 0 aromatic heterocycles. The van der Waals surface area contributed by atoms with E-state index in [-0.39, 0.29) is 29.4 Å². The Kier molecular flexibility index (Phi) is 5.67. The average Bonchev–Trinajstić information content (AvgIpc) is 2.35. The molecule has 1 aromatic rings. The van der Waals surface area contributed by atoms with E-state index in [0.717, 1.165) is 12.0 Å². The zero-order chi connectivity index (χ0) is 14.4. The topological polar surface area (TPSA) is 69.6 Å². The summed E-state index contributed by atoms with van der Waals surface area (Å²) in [6.45, 7) is 5.97. The maximum atomic E-state index is 11.7. The van der Waals surface area contributed by atoms with E-state index >= 15 is 0 Å². The Labute approximate surface area is 114 Å². The Balaban J connectivity index is 2.51. The molecule has 2 unspecified atom stereocenters. The van der Waals surface area contributed by atoms with Gasteiger partial charge in [0, 0.05) is 18.5 Å². The lowest BCUT2D eigenvalue weighted by molar-refractivity contribution is -0.121. The molecule has 0 bridgehead atoms. The van der Waals surface area contributed by atoms with Crippen LogP contribution in [0.2, 0.25) is 0 Å².